The van der Waals surface area contributed by atoms with Crippen molar-refractivity contribution in [3.63, 3.8) is 0 Å². The van der Waals surface area contributed by atoms with Gasteiger partial charge in [0.05, 0.1) is 13.1 Å². The number of nitro benzene ring substituents is 1. The maximum absolute atomic E-state index is 10.5. The van der Waals surface area contributed by atoms with Gasteiger partial charge in [-0.2, -0.15) is 0 Å². The Kier molecular flexibility index (Phi) is 3.87. The SMILES string of the molecule is O=[N+]([O-])c1cc(C(Br)Br)ccc1Br. The van der Waals surface area contributed by atoms with Gasteiger partial charge in [0.1, 0.15) is 0 Å². The second kappa shape index (κ2) is 4.52. The molecule has 6 heteroatoms. The summed E-state index contributed by atoms with van der Waals surface area (Å²) in [6.45, 7) is 0. The number of nitro groups is 1. The van der Waals surface area contributed by atoms with Crippen LogP contribution in [0.4, 0.5) is 5.69 Å². The molecule has 0 fully saturated rings. The highest BCUT2D eigenvalue weighted by Gasteiger charge is 2.14. The molecule has 0 heterocycles. The molecule has 0 aromatic heterocycles. The van der Waals surface area contributed by atoms with Crippen LogP contribution in [-0.2, 0) is 0 Å². The molecule has 0 aliphatic heterocycles. The molecule has 1 aromatic rings. The van der Waals surface area contributed by atoms with Crippen molar-refractivity contribution in [3.8, 4) is 0 Å². The first-order valence-electron chi connectivity index (χ1n) is 3.24. The van der Waals surface area contributed by atoms with E-state index in [1.165, 1.54) is 6.07 Å². The Morgan fingerprint density at radius 3 is 2.46 bits per heavy atom. The molecule has 0 unspecified atom stereocenters. The van der Waals surface area contributed by atoms with E-state index in [2.05, 4.69) is 47.8 Å². The summed E-state index contributed by atoms with van der Waals surface area (Å²) in [6.07, 6.45) is 0. The van der Waals surface area contributed by atoms with Gasteiger partial charge in [0, 0.05) is 6.07 Å². The van der Waals surface area contributed by atoms with Crippen LogP contribution in [-0.4, -0.2) is 4.92 Å². The van der Waals surface area contributed by atoms with Crippen molar-refractivity contribution in [2.75, 3.05) is 0 Å². The lowest BCUT2D eigenvalue weighted by Gasteiger charge is -2.02. The second-order valence-electron chi connectivity index (χ2n) is 2.27. The van der Waals surface area contributed by atoms with Crippen molar-refractivity contribution in [2.45, 2.75) is 3.74 Å². The molecule has 0 saturated heterocycles. The summed E-state index contributed by atoms with van der Waals surface area (Å²) < 4.78 is 0.425. The fraction of sp³-hybridized carbons (Fsp3) is 0.143. The molecule has 0 saturated carbocycles. The maximum Gasteiger partial charge on any atom is 0.283 e. The molecule has 0 radical (unpaired) electrons. The number of alkyl halides is 2. The first-order chi connectivity index (χ1) is 6.02. The number of rotatable bonds is 2. The maximum atomic E-state index is 10.5. The molecule has 0 spiro atoms. The normalized spacial score (nSPS) is 10.5. The molecular weight excluding hydrogens is 370 g/mol. The largest absolute Gasteiger partial charge is 0.283 e. The molecule has 0 N–H and O–H groups in total. The van der Waals surface area contributed by atoms with Crippen LogP contribution >= 0.6 is 47.8 Å². The highest BCUT2D eigenvalue weighted by atomic mass is 79.9. The quantitative estimate of drug-likeness (QED) is 0.444. The van der Waals surface area contributed by atoms with Crippen LogP contribution in [0.3, 0.4) is 0 Å². The van der Waals surface area contributed by atoms with Crippen LogP contribution in [0.1, 0.15) is 9.30 Å². The van der Waals surface area contributed by atoms with E-state index in [1.807, 2.05) is 0 Å². The summed E-state index contributed by atoms with van der Waals surface area (Å²) in [5.41, 5.74) is 0.885. The van der Waals surface area contributed by atoms with Crippen molar-refractivity contribution < 1.29 is 4.92 Å². The van der Waals surface area contributed by atoms with Crippen LogP contribution in [0.25, 0.3) is 0 Å². The van der Waals surface area contributed by atoms with E-state index >= 15 is 0 Å². The van der Waals surface area contributed by atoms with E-state index < -0.39 is 4.92 Å². The van der Waals surface area contributed by atoms with E-state index in [0.717, 1.165) is 5.56 Å². The molecule has 0 amide bonds. The molecule has 13 heavy (non-hydrogen) atoms. The first kappa shape index (κ1) is 11.1. The number of nitrogens with zero attached hydrogens (tertiary/aromatic N) is 1. The Labute approximate surface area is 100 Å². The zero-order chi connectivity index (χ0) is 10.0. The topological polar surface area (TPSA) is 43.1 Å². The van der Waals surface area contributed by atoms with Crippen LogP contribution in [0, 0.1) is 10.1 Å². The molecule has 0 aliphatic carbocycles. The van der Waals surface area contributed by atoms with Gasteiger partial charge >= 0.3 is 0 Å². The molecule has 0 aliphatic rings. The standard InChI is InChI=1S/C7H4Br3NO2/c8-5-2-1-4(7(9)10)3-6(5)11(12)13/h1-3,7H. The smallest absolute Gasteiger partial charge is 0.258 e. The van der Waals surface area contributed by atoms with Gasteiger partial charge < -0.3 is 0 Å². The summed E-state index contributed by atoms with van der Waals surface area (Å²) in [4.78, 5) is 10.1. The van der Waals surface area contributed by atoms with Gasteiger partial charge in [-0.15, -0.1) is 0 Å². The second-order valence-corrected chi connectivity index (χ2v) is 6.18. The van der Waals surface area contributed by atoms with E-state index in [0.29, 0.717) is 4.47 Å². The monoisotopic (exact) mass is 371 g/mol. The zero-order valence-corrected chi connectivity index (χ0v) is 11.0. The molecule has 0 atom stereocenters. The minimum Gasteiger partial charge on any atom is -0.258 e. The molecule has 1 aromatic carbocycles. The average molecular weight is 374 g/mol. The summed E-state index contributed by atoms with van der Waals surface area (Å²) in [7, 11) is 0. The Balaban J connectivity index is 3.19. The lowest BCUT2D eigenvalue weighted by Crippen LogP contribution is -1.91. The van der Waals surface area contributed by atoms with Gasteiger partial charge in [0.25, 0.3) is 5.69 Å². The Bertz CT molecular complexity index is 341. The van der Waals surface area contributed by atoms with E-state index in [1.54, 1.807) is 12.1 Å². The summed E-state index contributed by atoms with van der Waals surface area (Å²) in [5.74, 6) is 0. The van der Waals surface area contributed by atoms with Crippen LogP contribution < -0.4 is 0 Å². The van der Waals surface area contributed by atoms with Crippen molar-refractivity contribution in [2.24, 2.45) is 0 Å². The van der Waals surface area contributed by atoms with Gasteiger partial charge in [0.15, 0.2) is 0 Å². The van der Waals surface area contributed by atoms with Gasteiger partial charge in [0.2, 0.25) is 0 Å². The minimum atomic E-state index is -0.421. The fourth-order valence-electron chi connectivity index (χ4n) is 0.805. The van der Waals surface area contributed by atoms with Gasteiger partial charge in [-0.05, 0) is 27.6 Å². The highest BCUT2D eigenvalue weighted by molar-refractivity contribution is 9.24. The van der Waals surface area contributed by atoms with E-state index in [-0.39, 0.29) is 9.42 Å². The summed E-state index contributed by atoms with van der Waals surface area (Å²) >= 11 is 9.65. The van der Waals surface area contributed by atoms with E-state index in [4.69, 9.17) is 0 Å². The number of halogens is 3. The van der Waals surface area contributed by atoms with Gasteiger partial charge in [-0.3, -0.25) is 10.1 Å². The number of hydrogen-bond donors (Lipinski definition) is 0. The van der Waals surface area contributed by atoms with Gasteiger partial charge in [-0.25, -0.2) is 0 Å². The van der Waals surface area contributed by atoms with Crippen LogP contribution in [0.15, 0.2) is 22.7 Å². The Morgan fingerprint density at radius 1 is 1.38 bits per heavy atom. The highest BCUT2D eigenvalue weighted by Crippen LogP contribution is 2.34. The number of benzene rings is 1. The minimum absolute atomic E-state index is 0.0631. The van der Waals surface area contributed by atoms with Gasteiger partial charge in [-0.1, -0.05) is 37.9 Å². The molecule has 70 valence electrons. The third-order valence-electron chi connectivity index (χ3n) is 1.42. The summed E-state index contributed by atoms with van der Waals surface area (Å²) in [6, 6.07) is 4.96. The average Bonchev–Trinajstić information content (AvgIpc) is 2.04. The molecule has 1 rings (SSSR count). The predicted octanol–water partition coefficient (Wildman–Crippen LogP) is 4.15. The van der Waals surface area contributed by atoms with Crippen molar-refractivity contribution in [3.05, 3.63) is 38.3 Å². The molecule has 3 nitrogen and oxygen atoms in total. The van der Waals surface area contributed by atoms with Crippen LogP contribution in [0.5, 0.6) is 0 Å². The zero-order valence-electron chi connectivity index (χ0n) is 6.21. The predicted molar refractivity (Wildman–Crippen MR) is 61.4 cm³/mol. The fourth-order valence-corrected chi connectivity index (χ4v) is 1.77. The summed E-state index contributed by atoms with van der Waals surface area (Å²) in [5, 5.41) is 10.5. The lowest BCUT2D eigenvalue weighted by molar-refractivity contribution is -0.385. The Morgan fingerprint density at radius 2 is 2.00 bits per heavy atom. The van der Waals surface area contributed by atoms with Crippen LogP contribution in [0.2, 0.25) is 0 Å². The first-order valence-corrected chi connectivity index (χ1v) is 5.87. The van der Waals surface area contributed by atoms with E-state index in [9.17, 15) is 10.1 Å². The third kappa shape index (κ3) is 2.75. The van der Waals surface area contributed by atoms with Crippen molar-refractivity contribution in [1.29, 1.82) is 0 Å². The van der Waals surface area contributed by atoms with Crippen molar-refractivity contribution in [1.82, 2.24) is 0 Å². The lowest BCUT2D eigenvalue weighted by atomic mass is 10.2. The number of hydrogen-bond acceptors (Lipinski definition) is 2. The molecular formula is C7H4Br3NO2. The molecule has 0 bridgehead atoms. The Hall–Kier alpha value is 0.0600. The van der Waals surface area contributed by atoms with Crippen molar-refractivity contribution >= 4 is 53.5 Å². The third-order valence-corrected chi connectivity index (χ3v) is 3.15.